The molecule has 8 heteroatoms. The van der Waals surface area contributed by atoms with Gasteiger partial charge in [-0.05, 0) is 42.5 Å². The lowest BCUT2D eigenvalue weighted by atomic mass is 10.00. The fourth-order valence-corrected chi connectivity index (χ4v) is 3.67. The number of nitrogens with zero attached hydrogens (tertiary/aromatic N) is 3. The summed E-state index contributed by atoms with van der Waals surface area (Å²) in [6.07, 6.45) is 1.46. The van der Waals surface area contributed by atoms with E-state index in [9.17, 15) is 14.9 Å². The second kappa shape index (κ2) is 8.33. The molecule has 0 radical (unpaired) electrons. The molecule has 0 unspecified atom stereocenters. The number of carbonyl (C=O) groups is 1. The zero-order valence-electron chi connectivity index (χ0n) is 15.3. The minimum atomic E-state index is -0.460. The van der Waals surface area contributed by atoms with Gasteiger partial charge in [-0.3, -0.25) is 14.9 Å². The largest absolute Gasteiger partial charge is 0.294 e. The maximum atomic E-state index is 13.3. The predicted molar refractivity (Wildman–Crippen MR) is 121 cm³/mol. The Balaban J connectivity index is 1.95. The summed E-state index contributed by atoms with van der Waals surface area (Å²) in [6.45, 7) is 0. The van der Waals surface area contributed by atoms with Crippen LogP contribution in [0.2, 0.25) is 0 Å². The first-order valence-corrected chi connectivity index (χ1v) is 10.4. The summed E-state index contributed by atoms with van der Waals surface area (Å²) in [5, 5.41) is 15.9. The van der Waals surface area contributed by atoms with Crippen LogP contribution in [0.25, 0.3) is 16.9 Å². The Morgan fingerprint density at radius 3 is 2.13 bits per heavy atom. The van der Waals surface area contributed by atoms with Crippen molar-refractivity contribution in [3.8, 4) is 16.9 Å². The average Bonchev–Trinajstić information content (AvgIpc) is 3.19. The molecule has 0 bridgehead atoms. The maximum absolute atomic E-state index is 13.3. The molecule has 0 N–H and O–H groups in total. The quantitative estimate of drug-likeness (QED) is 0.176. The highest BCUT2D eigenvalue weighted by Gasteiger charge is 2.24. The van der Waals surface area contributed by atoms with Gasteiger partial charge >= 0.3 is 0 Å². The molecule has 4 rings (SSSR count). The predicted octanol–water partition coefficient (Wildman–Crippen LogP) is 6.20. The van der Waals surface area contributed by atoms with Gasteiger partial charge in [0.2, 0.25) is 0 Å². The van der Waals surface area contributed by atoms with Crippen molar-refractivity contribution in [1.82, 2.24) is 9.78 Å². The third-order valence-corrected chi connectivity index (χ3v) is 5.60. The summed E-state index contributed by atoms with van der Waals surface area (Å²) in [7, 11) is 0. The van der Waals surface area contributed by atoms with Crippen LogP contribution in [0.3, 0.4) is 0 Å². The van der Waals surface area contributed by atoms with Crippen molar-refractivity contribution in [3.63, 3.8) is 0 Å². The highest BCUT2D eigenvalue weighted by molar-refractivity contribution is 9.10. The van der Waals surface area contributed by atoms with Crippen molar-refractivity contribution in [2.24, 2.45) is 0 Å². The summed E-state index contributed by atoms with van der Waals surface area (Å²) in [4.78, 5) is 24.4. The fourth-order valence-electron chi connectivity index (χ4n) is 3.14. The van der Waals surface area contributed by atoms with Gasteiger partial charge in [0.25, 0.3) is 5.69 Å². The van der Waals surface area contributed by atoms with Gasteiger partial charge in [0.05, 0.1) is 22.4 Å². The van der Waals surface area contributed by atoms with Crippen LogP contribution < -0.4 is 0 Å². The molecule has 30 heavy (non-hydrogen) atoms. The molecule has 0 spiro atoms. The van der Waals surface area contributed by atoms with E-state index in [1.165, 1.54) is 16.9 Å². The Hall–Kier alpha value is -3.10. The van der Waals surface area contributed by atoms with E-state index in [0.29, 0.717) is 22.4 Å². The van der Waals surface area contributed by atoms with E-state index in [2.05, 4.69) is 37.0 Å². The normalized spacial score (nSPS) is 10.7. The van der Waals surface area contributed by atoms with Crippen LogP contribution in [-0.4, -0.2) is 20.5 Å². The number of hydrogen-bond acceptors (Lipinski definition) is 4. The van der Waals surface area contributed by atoms with Crippen molar-refractivity contribution in [1.29, 1.82) is 0 Å². The van der Waals surface area contributed by atoms with Crippen LogP contribution in [0.15, 0.2) is 87.9 Å². The van der Waals surface area contributed by atoms with Crippen LogP contribution in [-0.2, 0) is 0 Å². The molecule has 0 atom stereocenters. The van der Waals surface area contributed by atoms with Gasteiger partial charge in [-0.2, -0.15) is 5.10 Å². The topological polar surface area (TPSA) is 78.0 Å². The van der Waals surface area contributed by atoms with Gasteiger partial charge in [-0.25, -0.2) is 4.68 Å². The van der Waals surface area contributed by atoms with E-state index in [1.807, 2.05) is 24.3 Å². The zero-order chi connectivity index (χ0) is 21.3. The minimum absolute atomic E-state index is 0.0957. The summed E-state index contributed by atoms with van der Waals surface area (Å²) in [5.41, 5.74) is 2.26. The second-order valence-electron chi connectivity index (χ2n) is 6.41. The summed E-state index contributed by atoms with van der Waals surface area (Å²) in [6, 6.07) is 20.7. The van der Waals surface area contributed by atoms with Crippen LogP contribution >= 0.6 is 31.9 Å². The molecule has 3 aromatic carbocycles. The van der Waals surface area contributed by atoms with E-state index < -0.39 is 4.92 Å². The number of rotatable bonds is 5. The number of benzene rings is 3. The monoisotopic (exact) mass is 525 g/mol. The molecule has 0 aliphatic rings. The third kappa shape index (κ3) is 3.83. The standard InChI is InChI=1S/C22H13Br2N3O3/c23-16-9-5-14(6-10-16)21-18(22(28)15-7-11-17(24)12-8-15)13-25-26(21)19-3-1-2-4-20(19)27(29)30/h1-13H. The zero-order valence-corrected chi connectivity index (χ0v) is 18.5. The number of ketones is 1. The molecule has 0 saturated heterocycles. The number of aromatic nitrogens is 2. The lowest BCUT2D eigenvalue weighted by molar-refractivity contribution is -0.384. The van der Waals surface area contributed by atoms with Gasteiger partial charge in [0.15, 0.2) is 5.78 Å². The molecule has 0 aliphatic heterocycles. The molecule has 4 aromatic rings. The van der Waals surface area contributed by atoms with Gasteiger partial charge < -0.3 is 0 Å². The van der Waals surface area contributed by atoms with Crippen LogP contribution in [0.1, 0.15) is 15.9 Å². The summed E-state index contributed by atoms with van der Waals surface area (Å²) < 4.78 is 3.19. The molecule has 0 amide bonds. The Morgan fingerprint density at radius 1 is 0.900 bits per heavy atom. The van der Waals surface area contributed by atoms with Crippen LogP contribution in [0.5, 0.6) is 0 Å². The Kier molecular flexibility index (Phi) is 5.61. The SMILES string of the molecule is O=C(c1ccc(Br)cc1)c1cnn(-c2ccccc2[N+](=O)[O-])c1-c1ccc(Br)cc1. The fraction of sp³-hybridized carbons (Fsp3) is 0. The van der Waals surface area contributed by atoms with Crippen molar-refractivity contribution in [2.45, 2.75) is 0 Å². The van der Waals surface area contributed by atoms with Crippen molar-refractivity contribution >= 4 is 43.3 Å². The number of nitro benzene ring substituents is 1. The molecule has 0 saturated carbocycles. The second-order valence-corrected chi connectivity index (χ2v) is 8.24. The van der Waals surface area contributed by atoms with Crippen molar-refractivity contribution in [3.05, 3.63) is 109 Å². The number of para-hydroxylation sites is 2. The molecule has 0 fully saturated rings. The highest BCUT2D eigenvalue weighted by atomic mass is 79.9. The number of hydrogen-bond donors (Lipinski definition) is 0. The molecular weight excluding hydrogens is 514 g/mol. The number of nitro groups is 1. The smallest absolute Gasteiger partial charge is 0.288 e. The molecule has 0 aliphatic carbocycles. The van der Waals surface area contributed by atoms with Crippen LogP contribution in [0, 0.1) is 10.1 Å². The molecular formula is C22H13Br2N3O3. The Morgan fingerprint density at radius 2 is 1.50 bits per heavy atom. The molecule has 1 heterocycles. The van der Waals surface area contributed by atoms with E-state index >= 15 is 0 Å². The lowest BCUT2D eigenvalue weighted by Crippen LogP contribution is -2.06. The van der Waals surface area contributed by atoms with Gasteiger partial charge in [-0.15, -0.1) is 0 Å². The Labute approximate surface area is 188 Å². The number of carbonyl (C=O) groups excluding carboxylic acids is 1. The first-order valence-electron chi connectivity index (χ1n) is 8.84. The first-order chi connectivity index (χ1) is 14.5. The summed E-state index contributed by atoms with van der Waals surface area (Å²) in [5.74, 6) is -0.217. The molecule has 148 valence electrons. The van der Waals surface area contributed by atoms with Gasteiger partial charge in [-0.1, -0.05) is 56.1 Å². The first kappa shape index (κ1) is 20.2. The van der Waals surface area contributed by atoms with Crippen LogP contribution in [0.4, 0.5) is 5.69 Å². The molecule has 1 aromatic heterocycles. The third-order valence-electron chi connectivity index (χ3n) is 4.54. The number of halogens is 2. The lowest BCUT2D eigenvalue weighted by Gasteiger charge is -2.11. The van der Waals surface area contributed by atoms with Gasteiger partial charge in [0.1, 0.15) is 5.69 Å². The average molecular weight is 527 g/mol. The highest BCUT2D eigenvalue weighted by Crippen LogP contribution is 2.32. The molecule has 6 nitrogen and oxygen atoms in total. The Bertz CT molecular complexity index is 1250. The van der Waals surface area contributed by atoms with Gasteiger partial charge in [0, 0.05) is 26.1 Å². The minimum Gasteiger partial charge on any atom is -0.288 e. The van der Waals surface area contributed by atoms with Crippen molar-refractivity contribution in [2.75, 3.05) is 0 Å². The van der Waals surface area contributed by atoms with Crippen molar-refractivity contribution < 1.29 is 9.72 Å². The van der Waals surface area contributed by atoms with E-state index in [-0.39, 0.29) is 17.2 Å². The van der Waals surface area contributed by atoms with E-state index in [4.69, 9.17) is 0 Å². The summed E-state index contributed by atoms with van der Waals surface area (Å²) >= 11 is 6.78. The maximum Gasteiger partial charge on any atom is 0.294 e. The van der Waals surface area contributed by atoms with E-state index in [0.717, 1.165) is 8.95 Å². The van der Waals surface area contributed by atoms with E-state index in [1.54, 1.807) is 42.5 Å².